The summed E-state index contributed by atoms with van der Waals surface area (Å²) in [5.74, 6) is 0. The smallest absolute Gasteiger partial charge is 0.328 e. The van der Waals surface area contributed by atoms with Crippen molar-refractivity contribution >= 4 is 12.4 Å². The van der Waals surface area contributed by atoms with Gasteiger partial charge in [0.15, 0.2) is 0 Å². The molecule has 0 amide bonds. The van der Waals surface area contributed by atoms with Gasteiger partial charge in [-0.3, -0.25) is 0 Å². The minimum absolute atomic E-state index is 0.102. The number of nitrogens with zero attached hydrogens (tertiary/aromatic N) is 1. The highest BCUT2D eigenvalue weighted by atomic mass is 32.1. The van der Waals surface area contributed by atoms with E-state index in [9.17, 15) is 13.2 Å². The molecule has 1 rings (SSSR count). The number of alkyl halides is 3. The Hall–Kier alpha value is -1.01. The summed E-state index contributed by atoms with van der Waals surface area (Å²) in [4.78, 5) is 0. The van der Waals surface area contributed by atoms with Crippen LogP contribution < -0.4 is 5.73 Å². The first-order chi connectivity index (χ1) is 6.99. The van der Waals surface area contributed by atoms with Gasteiger partial charge in [0.05, 0.1) is 5.56 Å². The maximum absolute atomic E-state index is 12.4. The zero-order valence-electron chi connectivity index (χ0n) is 7.66. The molecule has 0 heterocycles. The third-order valence-electron chi connectivity index (χ3n) is 1.95. The van der Waals surface area contributed by atoms with Gasteiger partial charge in [-0.05, 0) is 17.7 Å². The zero-order valence-corrected chi connectivity index (χ0v) is 8.48. The second kappa shape index (κ2) is 4.67. The van der Waals surface area contributed by atoms with Crippen LogP contribution >= 0.6 is 0 Å². The minimum Gasteiger partial charge on any atom is -0.328 e. The Bertz CT molecular complexity index is 351. The van der Waals surface area contributed by atoms with Gasteiger partial charge in [0.1, 0.15) is 6.04 Å². The van der Waals surface area contributed by atoms with E-state index in [2.05, 4.69) is 16.8 Å². The maximum Gasteiger partial charge on any atom is 0.416 e. The summed E-state index contributed by atoms with van der Waals surface area (Å²) in [6.07, 6.45) is -4.35. The molecular formula is C9H9F3N2S. The number of rotatable bonds is 3. The molecule has 0 aliphatic carbocycles. The van der Waals surface area contributed by atoms with Crippen LogP contribution in [0.1, 0.15) is 17.2 Å². The summed E-state index contributed by atoms with van der Waals surface area (Å²) in [6.45, 7) is 0.102. The Labute approximate surface area is 90.5 Å². The molecule has 2 N–H and O–H groups in total. The predicted octanol–water partition coefficient (Wildman–Crippen LogP) is 2.44. The summed E-state index contributed by atoms with van der Waals surface area (Å²) in [5, 5.41) is 0. The molecule has 0 spiro atoms. The Morgan fingerprint density at radius 1 is 1.40 bits per heavy atom. The lowest BCUT2D eigenvalue weighted by molar-refractivity contribution is -0.137. The fraction of sp³-hybridized carbons (Fsp3) is 0.333. The van der Waals surface area contributed by atoms with Crippen LogP contribution in [-0.2, 0) is 18.6 Å². The molecule has 0 saturated heterocycles. The number of hydrogen-bond acceptors (Lipinski definition) is 3. The van der Waals surface area contributed by atoms with Crippen LogP contribution in [0.3, 0.4) is 0 Å². The Balaban J connectivity index is 3.07. The number of halogens is 3. The van der Waals surface area contributed by atoms with Crippen molar-refractivity contribution in [1.82, 2.24) is 0 Å². The van der Waals surface area contributed by atoms with Gasteiger partial charge in [0.25, 0.3) is 0 Å². The topological polar surface area (TPSA) is 38.4 Å². The van der Waals surface area contributed by atoms with Crippen LogP contribution in [0.4, 0.5) is 13.2 Å². The van der Waals surface area contributed by atoms with E-state index < -0.39 is 17.8 Å². The van der Waals surface area contributed by atoms with Crippen molar-refractivity contribution in [3.05, 3.63) is 35.4 Å². The standard InChI is InChI=1S/C9H9F3N2S/c10-9(11,12)7-3-1-2-6(4-7)8(5-13)14-15/h1-4,8H,5,13H2. The summed E-state index contributed by atoms with van der Waals surface area (Å²) in [6, 6.07) is 4.32. The van der Waals surface area contributed by atoms with Gasteiger partial charge in [-0.1, -0.05) is 12.1 Å². The Morgan fingerprint density at radius 2 is 2.07 bits per heavy atom. The molecule has 0 aliphatic rings. The number of benzene rings is 1. The summed E-state index contributed by atoms with van der Waals surface area (Å²) >= 11 is 4.46. The van der Waals surface area contributed by atoms with E-state index in [1.807, 2.05) is 0 Å². The first-order valence-corrected chi connectivity index (χ1v) is 4.55. The lowest BCUT2D eigenvalue weighted by Crippen LogP contribution is -2.11. The highest BCUT2D eigenvalue weighted by Gasteiger charge is 2.30. The van der Waals surface area contributed by atoms with Crippen molar-refractivity contribution in [2.45, 2.75) is 12.2 Å². The van der Waals surface area contributed by atoms with Gasteiger partial charge < -0.3 is 5.73 Å². The average Bonchev–Trinajstić information content (AvgIpc) is 2.19. The molecule has 0 aliphatic heterocycles. The number of hydrogen-bond donors (Lipinski definition) is 1. The van der Waals surface area contributed by atoms with Crippen LogP contribution in [0, 0.1) is 0 Å². The molecule has 0 radical (unpaired) electrons. The highest BCUT2D eigenvalue weighted by Crippen LogP contribution is 2.31. The molecule has 1 aromatic carbocycles. The van der Waals surface area contributed by atoms with E-state index in [0.29, 0.717) is 5.56 Å². The maximum atomic E-state index is 12.4. The van der Waals surface area contributed by atoms with Crippen LogP contribution in [0.2, 0.25) is 0 Å². The van der Waals surface area contributed by atoms with Crippen LogP contribution in [0.25, 0.3) is 0 Å². The van der Waals surface area contributed by atoms with E-state index in [1.165, 1.54) is 12.1 Å². The van der Waals surface area contributed by atoms with Gasteiger partial charge in [-0.15, -0.1) is 0 Å². The van der Waals surface area contributed by atoms with E-state index >= 15 is 0 Å². The molecule has 1 unspecified atom stereocenters. The van der Waals surface area contributed by atoms with Gasteiger partial charge >= 0.3 is 6.18 Å². The Kier molecular flexibility index (Phi) is 3.76. The fourth-order valence-corrected chi connectivity index (χ4v) is 1.37. The van der Waals surface area contributed by atoms with Gasteiger partial charge in [-0.25, -0.2) is 4.36 Å². The van der Waals surface area contributed by atoms with Crippen LogP contribution in [-0.4, -0.2) is 6.54 Å². The third-order valence-corrected chi connectivity index (χ3v) is 2.20. The van der Waals surface area contributed by atoms with Gasteiger partial charge in [-0.2, -0.15) is 13.2 Å². The highest BCUT2D eigenvalue weighted by molar-refractivity contribution is 7.47. The molecule has 82 valence electrons. The van der Waals surface area contributed by atoms with Crippen molar-refractivity contribution in [3.63, 3.8) is 0 Å². The van der Waals surface area contributed by atoms with E-state index in [4.69, 9.17) is 5.73 Å². The van der Waals surface area contributed by atoms with Crippen molar-refractivity contribution < 1.29 is 13.2 Å². The van der Waals surface area contributed by atoms with Crippen LogP contribution in [0.5, 0.6) is 0 Å². The lowest BCUT2D eigenvalue weighted by atomic mass is 10.0. The van der Waals surface area contributed by atoms with Crippen LogP contribution in [0.15, 0.2) is 28.6 Å². The van der Waals surface area contributed by atoms with Crippen molar-refractivity contribution in [2.75, 3.05) is 6.54 Å². The first-order valence-electron chi connectivity index (χ1n) is 4.18. The quantitative estimate of drug-likeness (QED) is 0.872. The second-order valence-electron chi connectivity index (χ2n) is 2.98. The molecular weight excluding hydrogens is 225 g/mol. The molecule has 0 fully saturated rings. The normalized spacial score (nSPS) is 13.6. The minimum atomic E-state index is -4.35. The Morgan fingerprint density at radius 3 is 2.53 bits per heavy atom. The predicted molar refractivity (Wildman–Crippen MR) is 53.0 cm³/mol. The van der Waals surface area contributed by atoms with E-state index in [1.54, 1.807) is 0 Å². The summed E-state index contributed by atoms with van der Waals surface area (Å²) in [7, 11) is 0. The number of nitrogens with two attached hydrogens (primary N) is 1. The molecule has 15 heavy (non-hydrogen) atoms. The van der Waals surface area contributed by atoms with Gasteiger partial charge in [0, 0.05) is 19.0 Å². The van der Waals surface area contributed by atoms with Gasteiger partial charge in [0.2, 0.25) is 0 Å². The third kappa shape index (κ3) is 2.97. The summed E-state index contributed by atoms with van der Waals surface area (Å²) in [5.41, 5.74) is 5.01. The first kappa shape index (κ1) is 12.1. The van der Waals surface area contributed by atoms with E-state index in [0.717, 1.165) is 12.1 Å². The second-order valence-corrected chi connectivity index (χ2v) is 3.19. The van der Waals surface area contributed by atoms with Crippen molar-refractivity contribution in [2.24, 2.45) is 10.1 Å². The van der Waals surface area contributed by atoms with Crippen molar-refractivity contribution in [1.29, 1.82) is 0 Å². The molecule has 1 atom stereocenters. The zero-order chi connectivity index (χ0) is 11.5. The molecule has 0 bridgehead atoms. The molecule has 2 nitrogen and oxygen atoms in total. The lowest BCUT2D eigenvalue weighted by Gasteiger charge is -2.11. The SMILES string of the molecule is NCC(N=S)c1cccc(C(F)(F)F)c1. The largest absolute Gasteiger partial charge is 0.416 e. The summed E-state index contributed by atoms with van der Waals surface area (Å²) < 4.78 is 40.5. The average molecular weight is 234 g/mol. The van der Waals surface area contributed by atoms with E-state index in [-0.39, 0.29) is 6.54 Å². The van der Waals surface area contributed by atoms with Crippen molar-refractivity contribution in [3.8, 4) is 0 Å². The molecule has 0 saturated carbocycles. The fourth-order valence-electron chi connectivity index (χ4n) is 1.16. The monoisotopic (exact) mass is 234 g/mol. The molecule has 0 aromatic heterocycles. The molecule has 1 aromatic rings. The molecule has 6 heteroatoms.